The lowest BCUT2D eigenvalue weighted by Crippen LogP contribution is -2.31. The number of hydrogen-bond acceptors (Lipinski definition) is 4. The lowest BCUT2D eigenvalue weighted by atomic mass is 9.98. The standard InChI is InChI=1S/C21H19F2N3O4/c1-12-7-3-4-8-13(12)15(11-17(27)28)24-20(29)19-18(23)21(30-2)26(25-19)16-10-6-5-9-14(16)22/h3-10,15H,11H2,1-2H3,(H,24,29)(H,27,28)/t15-/m0/s1. The smallest absolute Gasteiger partial charge is 0.305 e. The van der Waals surface area contributed by atoms with E-state index in [0.29, 0.717) is 5.56 Å². The highest BCUT2D eigenvalue weighted by atomic mass is 19.1. The molecule has 1 atom stereocenters. The highest BCUT2D eigenvalue weighted by Crippen LogP contribution is 2.27. The number of benzene rings is 2. The molecule has 0 unspecified atom stereocenters. The summed E-state index contributed by atoms with van der Waals surface area (Å²) in [6.07, 6.45) is -0.413. The van der Waals surface area contributed by atoms with E-state index < -0.39 is 47.5 Å². The van der Waals surface area contributed by atoms with Crippen LogP contribution in [0.2, 0.25) is 0 Å². The van der Waals surface area contributed by atoms with Gasteiger partial charge in [0.1, 0.15) is 11.5 Å². The van der Waals surface area contributed by atoms with Crippen LogP contribution in [0.3, 0.4) is 0 Å². The number of carboxylic acids is 1. The molecule has 0 bridgehead atoms. The minimum absolute atomic E-state index is 0.103. The van der Waals surface area contributed by atoms with Crippen LogP contribution in [-0.4, -0.2) is 33.9 Å². The Morgan fingerprint density at radius 2 is 1.83 bits per heavy atom. The summed E-state index contributed by atoms with van der Waals surface area (Å²) in [4.78, 5) is 24.1. The largest absolute Gasteiger partial charge is 0.481 e. The summed E-state index contributed by atoms with van der Waals surface area (Å²) in [5.41, 5.74) is 0.598. The van der Waals surface area contributed by atoms with Gasteiger partial charge in [-0.15, -0.1) is 0 Å². The first-order chi connectivity index (χ1) is 14.3. The quantitative estimate of drug-likeness (QED) is 0.617. The fourth-order valence-corrected chi connectivity index (χ4v) is 3.11. The van der Waals surface area contributed by atoms with Crippen molar-refractivity contribution in [1.82, 2.24) is 15.1 Å². The molecule has 0 spiro atoms. The van der Waals surface area contributed by atoms with Gasteiger partial charge in [-0.25, -0.2) is 4.39 Å². The van der Waals surface area contributed by atoms with Crippen LogP contribution in [0.1, 0.15) is 34.1 Å². The summed E-state index contributed by atoms with van der Waals surface area (Å²) in [7, 11) is 1.17. The van der Waals surface area contributed by atoms with Crippen molar-refractivity contribution in [3.63, 3.8) is 0 Å². The van der Waals surface area contributed by atoms with Crippen LogP contribution in [0.5, 0.6) is 5.88 Å². The van der Waals surface area contributed by atoms with Crippen LogP contribution < -0.4 is 10.1 Å². The molecule has 7 nitrogen and oxygen atoms in total. The van der Waals surface area contributed by atoms with Crippen molar-refractivity contribution < 1.29 is 28.2 Å². The molecule has 0 aliphatic heterocycles. The molecule has 30 heavy (non-hydrogen) atoms. The maximum absolute atomic E-state index is 14.8. The Balaban J connectivity index is 1.99. The number of aryl methyl sites for hydroxylation is 1. The van der Waals surface area contributed by atoms with Gasteiger partial charge < -0.3 is 15.2 Å². The summed E-state index contributed by atoms with van der Waals surface area (Å²) in [5.74, 6) is -4.31. The average Bonchev–Trinajstić information content (AvgIpc) is 3.04. The number of rotatable bonds is 7. The predicted octanol–water partition coefficient (Wildman–Crippen LogP) is 3.41. The van der Waals surface area contributed by atoms with Crippen LogP contribution in [0.15, 0.2) is 48.5 Å². The van der Waals surface area contributed by atoms with Crippen LogP contribution in [-0.2, 0) is 4.79 Å². The molecule has 1 heterocycles. The molecule has 9 heteroatoms. The number of carbonyl (C=O) groups is 2. The van der Waals surface area contributed by atoms with E-state index in [0.717, 1.165) is 16.3 Å². The zero-order valence-electron chi connectivity index (χ0n) is 16.2. The second-order valence-electron chi connectivity index (χ2n) is 6.52. The molecule has 1 amide bonds. The van der Waals surface area contributed by atoms with Gasteiger partial charge in [0, 0.05) is 0 Å². The Morgan fingerprint density at radius 1 is 1.17 bits per heavy atom. The number of carboxylic acid groups (broad SMARTS) is 1. The molecule has 0 fully saturated rings. The zero-order chi connectivity index (χ0) is 21.8. The van der Waals surface area contributed by atoms with Gasteiger partial charge in [-0.3, -0.25) is 9.59 Å². The number of para-hydroxylation sites is 1. The Morgan fingerprint density at radius 3 is 2.47 bits per heavy atom. The Kier molecular flexibility index (Phi) is 6.10. The van der Waals surface area contributed by atoms with Gasteiger partial charge in [-0.05, 0) is 30.2 Å². The zero-order valence-corrected chi connectivity index (χ0v) is 16.2. The molecule has 0 saturated heterocycles. The molecule has 1 aromatic heterocycles. The third-order valence-corrected chi connectivity index (χ3v) is 4.53. The number of halogens is 2. The summed E-state index contributed by atoms with van der Waals surface area (Å²) in [6.45, 7) is 1.77. The van der Waals surface area contributed by atoms with E-state index in [4.69, 9.17) is 4.74 Å². The first-order valence-corrected chi connectivity index (χ1v) is 8.99. The van der Waals surface area contributed by atoms with Crippen molar-refractivity contribution in [3.05, 3.63) is 77.0 Å². The molecule has 3 rings (SSSR count). The van der Waals surface area contributed by atoms with Crippen LogP contribution in [0, 0.1) is 18.6 Å². The van der Waals surface area contributed by atoms with Gasteiger partial charge in [-0.2, -0.15) is 14.2 Å². The Bertz CT molecular complexity index is 1100. The molecular weight excluding hydrogens is 396 g/mol. The maximum Gasteiger partial charge on any atom is 0.305 e. The lowest BCUT2D eigenvalue weighted by Gasteiger charge is -2.18. The van der Waals surface area contributed by atoms with Gasteiger partial charge in [0.25, 0.3) is 11.8 Å². The van der Waals surface area contributed by atoms with E-state index in [-0.39, 0.29) is 5.69 Å². The average molecular weight is 415 g/mol. The van der Waals surface area contributed by atoms with Crippen molar-refractivity contribution in [1.29, 1.82) is 0 Å². The number of nitrogens with one attached hydrogen (secondary N) is 1. The van der Waals surface area contributed by atoms with Crippen molar-refractivity contribution in [2.24, 2.45) is 0 Å². The molecule has 0 aliphatic rings. The van der Waals surface area contributed by atoms with E-state index in [1.165, 1.54) is 25.3 Å². The van der Waals surface area contributed by atoms with Crippen molar-refractivity contribution in [2.45, 2.75) is 19.4 Å². The summed E-state index contributed by atoms with van der Waals surface area (Å²) < 4.78 is 34.8. The molecule has 0 saturated carbocycles. The second-order valence-corrected chi connectivity index (χ2v) is 6.52. The predicted molar refractivity (Wildman–Crippen MR) is 104 cm³/mol. The highest BCUT2D eigenvalue weighted by Gasteiger charge is 2.29. The van der Waals surface area contributed by atoms with E-state index in [9.17, 15) is 23.5 Å². The summed E-state index contributed by atoms with van der Waals surface area (Å²) in [6, 6.07) is 11.5. The van der Waals surface area contributed by atoms with Gasteiger partial charge in [0.2, 0.25) is 5.82 Å². The van der Waals surface area contributed by atoms with E-state index >= 15 is 0 Å². The minimum Gasteiger partial charge on any atom is -0.481 e. The Hall–Kier alpha value is -3.75. The number of methoxy groups -OCH3 is 1. The molecule has 2 aromatic carbocycles. The van der Waals surface area contributed by atoms with Gasteiger partial charge in [0.05, 0.1) is 19.6 Å². The topological polar surface area (TPSA) is 93.4 Å². The number of ether oxygens (including phenoxy) is 1. The van der Waals surface area contributed by atoms with Crippen molar-refractivity contribution in [2.75, 3.05) is 7.11 Å². The van der Waals surface area contributed by atoms with Crippen molar-refractivity contribution in [3.8, 4) is 11.6 Å². The van der Waals surface area contributed by atoms with Gasteiger partial charge in [-0.1, -0.05) is 36.4 Å². The van der Waals surface area contributed by atoms with Crippen molar-refractivity contribution >= 4 is 11.9 Å². The van der Waals surface area contributed by atoms with Crippen LogP contribution in [0.4, 0.5) is 8.78 Å². The monoisotopic (exact) mass is 415 g/mol. The molecule has 3 aromatic rings. The van der Waals surface area contributed by atoms with E-state index in [2.05, 4.69) is 10.4 Å². The summed E-state index contributed by atoms with van der Waals surface area (Å²) in [5, 5.41) is 15.6. The SMILES string of the molecule is COc1c(F)c(C(=O)N[C@@H](CC(=O)O)c2ccccc2C)nn1-c1ccccc1F. The fraction of sp³-hybridized carbons (Fsp3) is 0.190. The number of nitrogens with zero attached hydrogens (tertiary/aromatic N) is 2. The molecule has 0 radical (unpaired) electrons. The third kappa shape index (κ3) is 4.14. The Labute approximate surface area is 170 Å². The molecular formula is C21H19F2N3O4. The van der Waals surface area contributed by atoms with Gasteiger partial charge >= 0.3 is 5.97 Å². The molecule has 156 valence electrons. The number of aromatic nitrogens is 2. The number of carbonyl (C=O) groups excluding carboxylic acids is 1. The molecule has 2 N–H and O–H groups in total. The molecule has 0 aliphatic carbocycles. The lowest BCUT2D eigenvalue weighted by molar-refractivity contribution is -0.137. The van der Waals surface area contributed by atoms with E-state index in [1.807, 2.05) is 0 Å². The van der Waals surface area contributed by atoms with Crippen LogP contribution >= 0.6 is 0 Å². The van der Waals surface area contributed by atoms with Gasteiger partial charge in [0.15, 0.2) is 5.69 Å². The normalized spacial score (nSPS) is 11.7. The summed E-state index contributed by atoms with van der Waals surface area (Å²) >= 11 is 0. The number of aliphatic carboxylic acids is 1. The first kappa shape index (κ1) is 21.0. The fourth-order valence-electron chi connectivity index (χ4n) is 3.11. The van der Waals surface area contributed by atoms with Crippen LogP contribution in [0.25, 0.3) is 5.69 Å². The minimum atomic E-state index is -1.14. The third-order valence-electron chi connectivity index (χ3n) is 4.53. The number of amides is 1. The number of hydrogen-bond donors (Lipinski definition) is 2. The first-order valence-electron chi connectivity index (χ1n) is 8.99. The maximum atomic E-state index is 14.8. The second kappa shape index (κ2) is 8.73. The highest BCUT2D eigenvalue weighted by molar-refractivity contribution is 5.93. The van der Waals surface area contributed by atoms with E-state index in [1.54, 1.807) is 31.2 Å².